The molecule has 0 radical (unpaired) electrons. The number of hydrogen-bond acceptors (Lipinski definition) is 3. The molecule has 0 saturated heterocycles. The first-order chi connectivity index (χ1) is 13.8. The molecule has 0 aliphatic rings. The van der Waals surface area contributed by atoms with Crippen molar-refractivity contribution in [3.63, 3.8) is 0 Å². The number of benzene rings is 1. The van der Waals surface area contributed by atoms with Crippen LogP contribution in [0, 0.1) is 13.8 Å². The summed E-state index contributed by atoms with van der Waals surface area (Å²) < 4.78 is 1.92. The van der Waals surface area contributed by atoms with Gasteiger partial charge in [0.25, 0.3) is 5.91 Å². The number of rotatable bonds is 8. The normalized spacial score (nSPS) is 12.6. The second-order valence-electron chi connectivity index (χ2n) is 7.40. The minimum Gasteiger partial charge on any atom is -0.354 e. The van der Waals surface area contributed by atoms with Crippen molar-refractivity contribution in [2.24, 2.45) is 12.0 Å². The standard InChI is InChI=1S/C22H34N6O/c1-7-11-24-21(29)19-10-8-9-18(13-19)14-25-22(23-5)26-15(2)12-20-16(3)27-28(6)17(20)4/h8-10,13,15H,7,11-12,14H2,1-6H3,(H,24,29)(H2,23,25,26). The highest BCUT2D eigenvalue weighted by atomic mass is 16.1. The van der Waals surface area contributed by atoms with Crippen LogP contribution < -0.4 is 16.0 Å². The molecule has 7 heteroatoms. The molecule has 0 aliphatic heterocycles. The number of carbonyl (C=O) groups is 1. The Labute approximate surface area is 174 Å². The lowest BCUT2D eigenvalue weighted by Gasteiger charge is -2.18. The van der Waals surface area contributed by atoms with Crippen LogP contribution in [0.25, 0.3) is 0 Å². The van der Waals surface area contributed by atoms with Crippen LogP contribution in [0.15, 0.2) is 29.3 Å². The Morgan fingerprint density at radius 2 is 2.03 bits per heavy atom. The van der Waals surface area contributed by atoms with Crippen molar-refractivity contribution >= 4 is 11.9 Å². The molecule has 0 saturated carbocycles. The molecule has 1 amide bonds. The van der Waals surface area contributed by atoms with E-state index in [1.807, 2.05) is 49.8 Å². The molecule has 158 valence electrons. The number of nitrogens with one attached hydrogen (secondary N) is 3. The van der Waals surface area contributed by atoms with Crippen LogP contribution in [-0.4, -0.2) is 41.3 Å². The molecule has 0 aliphatic carbocycles. The fourth-order valence-electron chi connectivity index (χ4n) is 3.25. The third-order valence-electron chi connectivity index (χ3n) is 4.96. The number of aromatic nitrogens is 2. The quantitative estimate of drug-likeness (QED) is 0.471. The van der Waals surface area contributed by atoms with E-state index in [0.29, 0.717) is 18.7 Å². The van der Waals surface area contributed by atoms with E-state index < -0.39 is 0 Å². The smallest absolute Gasteiger partial charge is 0.251 e. The van der Waals surface area contributed by atoms with Gasteiger partial charge in [0.1, 0.15) is 0 Å². The van der Waals surface area contributed by atoms with Gasteiger partial charge in [-0.25, -0.2) is 0 Å². The predicted octanol–water partition coefficient (Wildman–Crippen LogP) is 2.47. The number of aryl methyl sites for hydroxylation is 2. The Bertz CT molecular complexity index is 855. The Hall–Kier alpha value is -2.83. The number of aliphatic imine (C=N–C) groups is 1. The molecule has 1 atom stereocenters. The second kappa shape index (κ2) is 10.6. The molecule has 7 nitrogen and oxygen atoms in total. The highest BCUT2D eigenvalue weighted by molar-refractivity contribution is 5.94. The lowest BCUT2D eigenvalue weighted by atomic mass is 10.1. The Morgan fingerprint density at radius 3 is 2.66 bits per heavy atom. The monoisotopic (exact) mass is 398 g/mol. The van der Waals surface area contributed by atoms with Gasteiger partial charge in [0.2, 0.25) is 0 Å². The summed E-state index contributed by atoms with van der Waals surface area (Å²) in [6.07, 6.45) is 1.80. The summed E-state index contributed by atoms with van der Waals surface area (Å²) in [6.45, 7) is 9.59. The maximum absolute atomic E-state index is 12.2. The van der Waals surface area contributed by atoms with Crippen LogP contribution >= 0.6 is 0 Å². The van der Waals surface area contributed by atoms with Gasteiger partial charge in [0.05, 0.1) is 5.69 Å². The first-order valence-electron chi connectivity index (χ1n) is 10.2. The minimum atomic E-state index is -0.0351. The first kappa shape index (κ1) is 22.5. The van der Waals surface area contributed by atoms with Gasteiger partial charge in [-0.15, -0.1) is 0 Å². The molecule has 0 fully saturated rings. The van der Waals surface area contributed by atoms with E-state index in [2.05, 4.69) is 39.9 Å². The molecule has 1 heterocycles. The average Bonchev–Trinajstić information content (AvgIpc) is 2.95. The highest BCUT2D eigenvalue weighted by Crippen LogP contribution is 2.14. The zero-order chi connectivity index (χ0) is 21.4. The zero-order valence-electron chi connectivity index (χ0n) is 18.5. The molecule has 2 aromatic rings. The lowest BCUT2D eigenvalue weighted by molar-refractivity contribution is 0.0953. The third kappa shape index (κ3) is 6.34. The van der Waals surface area contributed by atoms with Gasteiger partial charge in [-0.05, 0) is 56.9 Å². The summed E-state index contributed by atoms with van der Waals surface area (Å²) in [5.41, 5.74) is 5.24. The van der Waals surface area contributed by atoms with Crippen molar-refractivity contribution in [1.29, 1.82) is 0 Å². The van der Waals surface area contributed by atoms with E-state index in [1.165, 1.54) is 11.3 Å². The van der Waals surface area contributed by atoms with Gasteiger partial charge in [-0.1, -0.05) is 19.1 Å². The molecular weight excluding hydrogens is 364 g/mol. The molecular formula is C22H34N6O. The van der Waals surface area contributed by atoms with Gasteiger partial charge in [0, 0.05) is 44.5 Å². The average molecular weight is 399 g/mol. The zero-order valence-corrected chi connectivity index (χ0v) is 18.5. The molecule has 2 rings (SSSR count). The Morgan fingerprint density at radius 1 is 1.28 bits per heavy atom. The van der Waals surface area contributed by atoms with E-state index >= 15 is 0 Å². The van der Waals surface area contributed by atoms with Crippen LogP contribution in [-0.2, 0) is 20.0 Å². The van der Waals surface area contributed by atoms with Crippen molar-refractivity contribution < 1.29 is 4.79 Å². The summed E-state index contributed by atoms with van der Waals surface area (Å²) in [4.78, 5) is 16.5. The maximum atomic E-state index is 12.2. The minimum absolute atomic E-state index is 0.0351. The first-order valence-corrected chi connectivity index (χ1v) is 10.2. The maximum Gasteiger partial charge on any atom is 0.251 e. The number of amides is 1. The van der Waals surface area contributed by atoms with E-state index in [1.54, 1.807) is 7.05 Å². The number of nitrogens with zero attached hydrogens (tertiary/aromatic N) is 3. The Kier molecular flexibility index (Phi) is 8.24. The van der Waals surface area contributed by atoms with Gasteiger partial charge in [0.15, 0.2) is 5.96 Å². The fourth-order valence-corrected chi connectivity index (χ4v) is 3.25. The van der Waals surface area contributed by atoms with Crippen molar-refractivity contribution in [1.82, 2.24) is 25.7 Å². The molecule has 1 aromatic carbocycles. The second-order valence-corrected chi connectivity index (χ2v) is 7.40. The lowest BCUT2D eigenvalue weighted by Crippen LogP contribution is -2.42. The van der Waals surface area contributed by atoms with Gasteiger partial charge in [-0.2, -0.15) is 5.10 Å². The van der Waals surface area contributed by atoms with E-state index in [-0.39, 0.29) is 11.9 Å². The van der Waals surface area contributed by atoms with Crippen LogP contribution in [0.1, 0.15) is 53.1 Å². The summed E-state index contributed by atoms with van der Waals surface area (Å²) in [5.74, 6) is 0.699. The van der Waals surface area contributed by atoms with Crippen molar-refractivity contribution in [3.05, 3.63) is 52.3 Å². The molecule has 0 bridgehead atoms. The number of carbonyl (C=O) groups excluding carboxylic acids is 1. The van der Waals surface area contributed by atoms with Crippen molar-refractivity contribution in [3.8, 4) is 0 Å². The van der Waals surface area contributed by atoms with Crippen molar-refractivity contribution in [2.45, 2.75) is 53.1 Å². The molecule has 3 N–H and O–H groups in total. The van der Waals surface area contributed by atoms with E-state index in [4.69, 9.17) is 0 Å². The number of hydrogen-bond donors (Lipinski definition) is 3. The highest BCUT2D eigenvalue weighted by Gasteiger charge is 2.14. The Balaban J connectivity index is 1.92. The molecule has 1 unspecified atom stereocenters. The van der Waals surface area contributed by atoms with Crippen LogP contribution in [0.5, 0.6) is 0 Å². The summed E-state index contributed by atoms with van der Waals surface area (Å²) in [7, 11) is 3.73. The topological polar surface area (TPSA) is 83.3 Å². The van der Waals surface area contributed by atoms with E-state index in [9.17, 15) is 4.79 Å². The molecule has 0 spiro atoms. The van der Waals surface area contributed by atoms with Crippen molar-refractivity contribution in [2.75, 3.05) is 13.6 Å². The SMILES string of the molecule is CCCNC(=O)c1cccc(CNC(=NC)NC(C)Cc2c(C)nn(C)c2C)c1. The van der Waals surface area contributed by atoms with Crippen LogP contribution in [0.4, 0.5) is 0 Å². The van der Waals surface area contributed by atoms with E-state index in [0.717, 1.165) is 30.1 Å². The fraction of sp³-hybridized carbons (Fsp3) is 0.500. The summed E-state index contributed by atoms with van der Waals surface area (Å²) in [5, 5.41) is 14.2. The third-order valence-corrected chi connectivity index (χ3v) is 4.96. The largest absolute Gasteiger partial charge is 0.354 e. The summed E-state index contributed by atoms with van der Waals surface area (Å²) in [6, 6.07) is 7.86. The van der Waals surface area contributed by atoms with Crippen LogP contribution in [0.2, 0.25) is 0 Å². The number of guanidine groups is 1. The van der Waals surface area contributed by atoms with Crippen LogP contribution in [0.3, 0.4) is 0 Å². The van der Waals surface area contributed by atoms with Gasteiger partial charge < -0.3 is 16.0 Å². The predicted molar refractivity (Wildman–Crippen MR) is 118 cm³/mol. The summed E-state index contributed by atoms with van der Waals surface area (Å²) >= 11 is 0. The van der Waals surface area contributed by atoms with Gasteiger partial charge in [-0.3, -0.25) is 14.5 Å². The molecule has 29 heavy (non-hydrogen) atoms. The molecule has 1 aromatic heterocycles. The van der Waals surface area contributed by atoms with Gasteiger partial charge >= 0.3 is 0 Å².